The van der Waals surface area contributed by atoms with Gasteiger partial charge in [0.15, 0.2) is 5.75 Å². The minimum absolute atomic E-state index is 0.260. The Hall–Kier alpha value is -1.03. The van der Waals surface area contributed by atoms with Crippen molar-refractivity contribution in [2.24, 2.45) is 5.92 Å². The van der Waals surface area contributed by atoms with Crippen LogP contribution in [0.5, 0.6) is 5.75 Å². The van der Waals surface area contributed by atoms with Crippen LogP contribution in [0.15, 0.2) is 6.20 Å². The molecule has 0 amide bonds. The van der Waals surface area contributed by atoms with Crippen LogP contribution in [0, 0.1) is 5.92 Å². The molecular weight excluding hydrogens is 216 g/mol. The molecule has 1 heterocycles. The summed E-state index contributed by atoms with van der Waals surface area (Å²) in [5, 5.41) is 14.1. The second-order valence-electron chi connectivity index (χ2n) is 4.73. The highest BCUT2D eigenvalue weighted by Gasteiger charge is 2.15. The first-order valence-corrected chi connectivity index (χ1v) is 6.36. The Morgan fingerprint density at radius 1 is 1.47 bits per heavy atom. The maximum absolute atomic E-state index is 9.84. The lowest BCUT2D eigenvalue weighted by Gasteiger charge is -2.15. The van der Waals surface area contributed by atoms with Gasteiger partial charge < -0.3 is 9.84 Å². The van der Waals surface area contributed by atoms with Crippen molar-refractivity contribution in [2.75, 3.05) is 7.11 Å². The van der Waals surface area contributed by atoms with Crippen molar-refractivity contribution in [2.45, 2.75) is 52.7 Å². The number of methoxy groups -OCH3 is 1. The van der Waals surface area contributed by atoms with Gasteiger partial charge in [-0.3, -0.25) is 4.68 Å². The fraction of sp³-hybridized carbons (Fsp3) is 0.769. The van der Waals surface area contributed by atoms with Crippen molar-refractivity contribution in [3.8, 4) is 5.75 Å². The van der Waals surface area contributed by atoms with Crippen LogP contribution in [0.25, 0.3) is 0 Å². The predicted molar refractivity (Wildman–Crippen MR) is 68.2 cm³/mol. The molecule has 1 aromatic heterocycles. The SMILES string of the molecule is CCCn1ncc(OC)c1CCC(O)C(C)C. The van der Waals surface area contributed by atoms with Gasteiger partial charge in [-0.15, -0.1) is 0 Å². The van der Waals surface area contributed by atoms with Crippen LogP contribution < -0.4 is 4.74 Å². The molecule has 0 saturated carbocycles. The van der Waals surface area contributed by atoms with Crippen LogP contribution >= 0.6 is 0 Å². The van der Waals surface area contributed by atoms with Crippen LogP contribution in [-0.4, -0.2) is 28.1 Å². The lowest BCUT2D eigenvalue weighted by atomic mass is 10.0. The van der Waals surface area contributed by atoms with Crippen LogP contribution in [0.3, 0.4) is 0 Å². The molecule has 0 spiro atoms. The van der Waals surface area contributed by atoms with E-state index >= 15 is 0 Å². The quantitative estimate of drug-likeness (QED) is 0.795. The smallest absolute Gasteiger partial charge is 0.159 e. The summed E-state index contributed by atoms with van der Waals surface area (Å²) in [6.45, 7) is 7.09. The first-order chi connectivity index (χ1) is 8.10. The second-order valence-corrected chi connectivity index (χ2v) is 4.73. The number of aryl methyl sites for hydroxylation is 1. The van der Waals surface area contributed by atoms with E-state index in [4.69, 9.17) is 4.74 Å². The standard InChI is InChI=1S/C13H24N2O2/c1-5-8-15-11(13(17-4)9-14-15)6-7-12(16)10(2)3/h9-10,12,16H,5-8H2,1-4H3. The van der Waals surface area contributed by atoms with Crippen molar-refractivity contribution < 1.29 is 9.84 Å². The third-order valence-electron chi connectivity index (χ3n) is 3.01. The van der Waals surface area contributed by atoms with E-state index in [0.29, 0.717) is 5.92 Å². The molecule has 1 aromatic rings. The largest absolute Gasteiger partial charge is 0.493 e. The molecule has 4 nitrogen and oxygen atoms in total. The van der Waals surface area contributed by atoms with E-state index < -0.39 is 0 Å². The van der Waals surface area contributed by atoms with Crippen molar-refractivity contribution >= 4 is 0 Å². The molecule has 0 aromatic carbocycles. The van der Waals surface area contributed by atoms with E-state index in [1.54, 1.807) is 13.3 Å². The van der Waals surface area contributed by atoms with Gasteiger partial charge in [0.05, 0.1) is 25.1 Å². The average Bonchev–Trinajstić information content (AvgIpc) is 2.68. The lowest BCUT2D eigenvalue weighted by Crippen LogP contribution is -2.17. The third kappa shape index (κ3) is 3.73. The molecule has 17 heavy (non-hydrogen) atoms. The second kappa shape index (κ2) is 6.64. The highest BCUT2D eigenvalue weighted by Crippen LogP contribution is 2.21. The number of hydrogen-bond acceptors (Lipinski definition) is 3. The zero-order chi connectivity index (χ0) is 12.8. The van der Waals surface area contributed by atoms with Crippen LogP contribution in [0.1, 0.15) is 39.3 Å². The molecule has 0 bridgehead atoms. The fourth-order valence-electron chi connectivity index (χ4n) is 1.84. The minimum atomic E-state index is -0.260. The predicted octanol–water partition coefficient (Wildman–Crippen LogP) is 2.25. The summed E-state index contributed by atoms with van der Waals surface area (Å²) in [4.78, 5) is 0. The van der Waals surface area contributed by atoms with Crippen molar-refractivity contribution in [3.05, 3.63) is 11.9 Å². The van der Waals surface area contributed by atoms with Gasteiger partial charge in [0.25, 0.3) is 0 Å². The van der Waals surface area contributed by atoms with E-state index in [0.717, 1.165) is 37.3 Å². The molecule has 0 fully saturated rings. The van der Waals surface area contributed by atoms with Gasteiger partial charge in [-0.25, -0.2) is 0 Å². The summed E-state index contributed by atoms with van der Waals surface area (Å²) >= 11 is 0. The van der Waals surface area contributed by atoms with Gasteiger partial charge in [0, 0.05) is 6.54 Å². The number of aliphatic hydroxyl groups is 1. The average molecular weight is 240 g/mol. The Morgan fingerprint density at radius 3 is 2.71 bits per heavy atom. The van der Waals surface area contributed by atoms with Gasteiger partial charge in [-0.1, -0.05) is 20.8 Å². The summed E-state index contributed by atoms with van der Waals surface area (Å²) in [6, 6.07) is 0. The molecule has 98 valence electrons. The molecule has 1 unspecified atom stereocenters. The van der Waals surface area contributed by atoms with Gasteiger partial charge in [0.2, 0.25) is 0 Å². The molecule has 4 heteroatoms. The zero-order valence-electron chi connectivity index (χ0n) is 11.3. The van der Waals surface area contributed by atoms with E-state index in [-0.39, 0.29) is 6.10 Å². The van der Waals surface area contributed by atoms with E-state index in [1.165, 1.54) is 0 Å². The van der Waals surface area contributed by atoms with Crippen LogP contribution in [0.4, 0.5) is 0 Å². The molecule has 0 aliphatic heterocycles. The number of aromatic nitrogens is 2. The van der Waals surface area contributed by atoms with E-state index in [1.807, 2.05) is 18.5 Å². The maximum Gasteiger partial charge on any atom is 0.159 e. The first-order valence-electron chi connectivity index (χ1n) is 6.36. The van der Waals surface area contributed by atoms with Crippen molar-refractivity contribution in [3.63, 3.8) is 0 Å². The summed E-state index contributed by atoms with van der Waals surface area (Å²) in [5.41, 5.74) is 1.09. The highest BCUT2D eigenvalue weighted by atomic mass is 16.5. The summed E-state index contributed by atoms with van der Waals surface area (Å²) in [6.07, 6.45) is 4.10. The Balaban J connectivity index is 2.70. The van der Waals surface area contributed by atoms with E-state index in [9.17, 15) is 5.11 Å². The third-order valence-corrected chi connectivity index (χ3v) is 3.01. The number of aliphatic hydroxyl groups excluding tert-OH is 1. The highest BCUT2D eigenvalue weighted by molar-refractivity contribution is 5.25. The first kappa shape index (κ1) is 14.0. The monoisotopic (exact) mass is 240 g/mol. The van der Waals surface area contributed by atoms with Gasteiger partial charge in [-0.05, 0) is 25.2 Å². The molecule has 1 rings (SSSR count). The molecular formula is C13H24N2O2. The van der Waals surface area contributed by atoms with E-state index in [2.05, 4.69) is 12.0 Å². The zero-order valence-corrected chi connectivity index (χ0v) is 11.3. The topological polar surface area (TPSA) is 47.3 Å². The normalized spacial score (nSPS) is 13.1. The Labute approximate surface area is 104 Å². The Morgan fingerprint density at radius 2 is 2.18 bits per heavy atom. The van der Waals surface area contributed by atoms with Gasteiger partial charge in [-0.2, -0.15) is 5.10 Å². The number of ether oxygens (including phenoxy) is 1. The van der Waals surface area contributed by atoms with Crippen molar-refractivity contribution in [1.29, 1.82) is 0 Å². The molecule has 1 atom stereocenters. The summed E-state index contributed by atoms with van der Waals surface area (Å²) in [5.74, 6) is 1.12. The van der Waals surface area contributed by atoms with Gasteiger partial charge >= 0.3 is 0 Å². The molecule has 0 radical (unpaired) electrons. The molecule has 0 aliphatic rings. The van der Waals surface area contributed by atoms with Gasteiger partial charge in [0.1, 0.15) is 0 Å². The number of rotatable bonds is 7. The van der Waals surface area contributed by atoms with Crippen LogP contribution in [-0.2, 0) is 13.0 Å². The molecule has 1 N–H and O–H groups in total. The van der Waals surface area contributed by atoms with Crippen molar-refractivity contribution in [1.82, 2.24) is 9.78 Å². The Kier molecular flexibility index (Phi) is 5.48. The summed E-state index contributed by atoms with van der Waals surface area (Å²) in [7, 11) is 1.66. The number of hydrogen-bond donors (Lipinski definition) is 1. The lowest BCUT2D eigenvalue weighted by molar-refractivity contribution is 0.115. The van der Waals surface area contributed by atoms with Crippen LogP contribution in [0.2, 0.25) is 0 Å². The minimum Gasteiger partial charge on any atom is -0.493 e. The fourth-order valence-corrected chi connectivity index (χ4v) is 1.84. The molecule has 0 saturated heterocycles. The number of nitrogens with zero attached hydrogens (tertiary/aromatic N) is 2. The molecule has 0 aliphatic carbocycles. The Bertz CT molecular complexity index is 334. The maximum atomic E-state index is 9.84. The summed E-state index contributed by atoms with van der Waals surface area (Å²) < 4.78 is 7.28.